The lowest BCUT2D eigenvalue weighted by Gasteiger charge is -2.28. The van der Waals surface area contributed by atoms with Crippen LogP contribution >= 0.6 is 0 Å². The van der Waals surface area contributed by atoms with Gasteiger partial charge in [-0.3, -0.25) is 9.59 Å². The van der Waals surface area contributed by atoms with Crippen LogP contribution in [0.25, 0.3) is 0 Å². The van der Waals surface area contributed by atoms with Crippen molar-refractivity contribution in [3.8, 4) is 0 Å². The Balaban J connectivity index is 4.62. The van der Waals surface area contributed by atoms with E-state index in [1.807, 2.05) is 0 Å². The molecule has 0 heterocycles. The first-order chi connectivity index (χ1) is 8.33. The smallest absolute Gasteiger partial charge is 0.461 e. The third-order valence-corrected chi connectivity index (χ3v) is 5.68. The first-order valence-electron chi connectivity index (χ1n) is 6.72. The first-order valence-corrected chi connectivity index (χ1v) is 9.24. The third kappa shape index (κ3) is 7.48. The highest BCUT2D eigenvalue weighted by Crippen LogP contribution is 2.26. The maximum atomic E-state index is 11.1. The molecule has 0 aromatic heterocycles. The first kappa shape index (κ1) is 17.2. The molecule has 0 N–H and O–H groups in total. The average molecular weight is 274 g/mol. The largest absolute Gasteiger partial charge is 0.485 e. The molecule has 0 rings (SSSR count). The Morgan fingerprint density at radius 2 is 1.61 bits per heavy atom. The van der Waals surface area contributed by atoms with E-state index in [-0.39, 0.29) is 11.9 Å². The number of rotatable bonds is 8. The van der Waals surface area contributed by atoms with Crippen LogP contribution in [0.5, 0.6) is 0 Å². The van der Waals surface area contributed by atoms with Crippen LogP contribution in [-0.2, 0) is 18.4 Å². The van der Waals surface area contributed by atoms with Crippen molar-refractivity contribution in [3.05, 3.63) is 0 Å². The summed E-state index contributed by atoms with van der Waals surface area (Å²) in [7, 11) is -2.71. The molecule has 0 aliphatic heterocycles. The molecule has 0 radical (unpaired) electrons. The molecule has 5 heteroatoms. The molecule has 18 heavy (non-hydrogen) atoms. The van der Waals surface area contributed by atoms with Crippen molar-refractivity contribution in [2.45, 2.75) is 66.0 Å². The standard InChI is InChI=1S/C13H26O4Si/c1-6-8-9-13(7-2)10-18(5,16-11(3)14)17-12(4)15/h13H,6-10H2,1-5H3. The Bertz CT molecular complexity index is 262. The highest BCUT2D eigenvalue weighted by molar-refractivity contribution is 6.69. The van der Waals surface area contributed by atoms with Crippen LogP contribution < -0.4 is 0 Å². The molecule has 0 fully saturated rings. The van der Waals surface area contributed by atoms with Crippen molar-refractivity contribution in [2.75, 3.05) is 0 Å². The van der Waals surface area contributed by atoms with E-state index in [9.17, 15) is 9.59 Å². The van der Waals surface area contributed by atoms with E-state index in [1.54, 1.807) is 6.55 Å². The second-order valence-corrected chi connectivity index (χ2v) is 8.03. The summed E-state index contributed by atoms with van der Waals surface area (Å²) in [5.74, 6) is -0.271. The molecule has 0 bridgehead atoms. The molecule has 0 aliphatic rings. The minimum Gasteiger partial charge on any atom is -0.485 e. The van der Waals surface area contributed by atoms with Gasteiger partial charge >= 0.3 is 8.56 Å². The second kappa shape index (κ2) is 8.29. The molecule has 0 saturated heterocycles. The van der Waals surface area contributed by atoms with Gasteiger partial charge in [-0.05, 0) is 5.92 Å². The van der Waals surface area contributed by atoms with Crippen molar-refractivity contribution < 1.29 is 18.4 Å². The Morgan fingerprint density at radius 3 is 1.94 bits per heavy atom. The van der Waals surface area contributed by atoms with Crippen molar-refractivity contribution in [2.24, 2.45) is 5.92 Å². The second-order valence-electron chi connectivity index (χ2n) is 4.94. The third-order valence-electron chi connectivity index (χ3n) is 2.92. The summed E-state index contributed by atoms with van der Waals surface area (Å²) in [4.78, 5) is 22.3. The van der Waals surface area contributed by atoms with Crippen LogP contribution in [0.15, 0.2) is 0 Å². The average Bonchev–Trinajstić information content (AvgIpc) is 2.21. The number of unbranched alkanes of at least 4 members (excludes halogenated alkanes) is 1. The van der Waals surface area contributed by atoms with E-state index in [4.69, 9.17) is 8.85 Å². The molecule has 0 aromatic carbocycles. The van der Waals surface area contributed by atoms with Gasteiger partial charge in [0.2, 0.25) is 0 Å². The Hall–Kier alpha value is -0.843. The fourth-order valence-corrected chi connectivity index (χ4v) is 5.15. The van der Waals surface area contributed by atoms with Crippen molar-refractivity contribution in [3.63, 3.8) is 0 Å². The number of hydrogen-bond donors (Lipinski definition) is 0. The molecule has 1 unspecified atom stereocenters. The molecule has 106 valence electrons. The van der Waals surface area contributed by atoms with Gasteiger partial charge in [-0.1, -0.05) is 39.5 Å². The van der Waals surface area contributed by atoms with E-state index < -0.39 is 8.56 Å². The molecule has 0 saturated carbocycles. The van der Waals surface area contributed by atoms with Gasteiger partial charge in [-0.25, -0.2) is 0 Å². The van der Waals surface area contributed by atoms with Crippen LogP contribution in [-0.4, -0.2) is 20.5 Å². The van der Waals surface area contributed by atoms with Crippen LogP contribution in [0.3, 0.4) is 0 Å². The van der Waals surface area contributed by atoms with Gasteiger partial charge in [0.15, 0.2) is 0 Å². The minimum atomic E-state index is -2.71. The summed E-state index contributed by atoms with van der Waals surface area (Å²) in [5, 5.41) is 0. The van der Waals surface area contributed by atoms with Gasteiger partial charge in [0.05, 0.1) is 0 Å². The highest BCUT2D eigenvalue weighted by Gasteiger charge is 2.40. The van der Waals surface area contributed by atoms with Gasteiger partial charge in [0, 0.05) is 26.4 Å². The monoisotopic (exact) mass is 274 g/mol. The molecular formula is C13H26O4Si. The van der Waals surface area contributed by atoms with Crippen LogP contribution in [0.4, 0.5) is 0 Å². The van der Waals surface area contributed by atoms with E-state index >= 15 is 0 Å². The summed E-state index contributed by atoms with van der Waals surface area (Å²) in [6.07, 6.45) is 4.42. The number of carbonyl (C=O) groups excluding carboxylic acids is 2. The SMILES string of the molecule is CCCCC(CC)C[Si](C)(OC(C)=O)OC(C)=O. The lowest BCUT2D eigenvalue weighted by Crippen LogP contribution is -2.43. The fraction of sp³-hybridized carbons (Fsp3) is 0.846. The molecular weight excluding hydrogens is 248 g/mol. The number of carbonyl (C=O) groups is 2. The van der Waals surface area contributed by atoms with E-state index in [0.29, 0.717) is 12.0 Å². The van der Waals surface area contributed by atoms with Gasteiger partial charge in [0.1, 0.15) is 0 Å². The van der Waals surface area contributed by atoms with Gasteiger partial charge in [-0.2, -0.15) is 0 Å². The number of hydrogen-bond acceptors (Lipinski definition) is 4. The van der Waals surface area contributed by atoms with E-state index in [0.717, 1.165) is 25.7 Å². The predicted molar refractivity (Wildman–Crippen MR) is 73.3 cm³/mol. The zero-order valence-corrected chi connectivity index (χ0v) is 13.2. The zero-order chi connectivity index (χ0) is 14.2. The maximum Gasteiger partial charge on any atom is 0.461 e. The summed E-state index contributed by atoms with van der Waals surface area (Å²) >= 11 is 0. The summed E-state index contributed by atoms with van der Waals surface area (Å²) < 4.78 is 10.6. The van der Waals surface area contributed by atoms with Crippen molar-refractivity contribution in [1.29, 1.82) is 0 Å². The Kier molecular flexibility index (Phi) is 7.90. The van der Waals surface area contributed by atoms with E-state index in [1.165, 1.54) is 13.8 Å². The lowest BCUT2D eigenvalue weighted by atomic mass is 10.0. The lowest BCUT2D eigenvalue weighted by molar-refractivity contribution is -0.138. The fourth-order valence-electron chi connectivity index (χ4n) is 2.18. The quantitative estimate of drug-likeness (QED) is 0.637. The highest BCUT2D eigenvalue weighted by atomic mass is 28.4. The topological polar surface area (TPSA) is 52.6 Å². The Morgan fingerprint density at radius 1 is 1.11 bits per heavy atom. The van der Waals surface area contributed by atoms with Crippen LogP contribution in [0.1, 0.15) is 53.4 Å². The van der Waals surface area contributed by atoms with Gasteiger partial charge in [0.25, 0.3) is 11.9 Å². The van der Waals surface area contributed by atoms with Crippen LogP contribution in [0, 0.1) is 5.92 Å². The molecule has 0 amide bonds. The molecule has 1 atom stereocenters. The van der Waals surface area contributed by atoms with E-state index in [2.05, 4.69) is 13.8 Å². The molecule has 0 aliphatic carbocycles. The van der Waals surface area contributed by atoms with Crippen molar-refractivity contribution >= 4 is 20.5 Å². The minimum absolute atomic E-state index is 0.365. The molecule has 4 nitrogen and oxygen atoms in total. The van der Waals surface area contributed by atoms with Gasteiger partial charge < -0.3 is 8.85 Å². The van der Waals surface area contributed by atoms with Gasteiger partial charge in [-0.15, -0.1) is 0 Å². The predicted octanol–water partition coefficient (Wildman–Crippen LogP) is 3.40. The zero-order valence-electron chi connectivity index (χ0n) is 12.2. The van der Waals surface area contributed by atoms with Crippen molar-refractivity contribution in [1.82, 2.24) is 0 Å². The summed E-state index contributed by atoms with van der Waals surface area (Å²) in [6, 6.07) is 0.697. The summed E-state index contributed by atoms with van der Waals surface area (Å²) in [6.45, 7) is 8.80. The Labute approximate surface area is 111 Å². The normalized spacial score (nSPS) is 12.9. The molecule has 0 spiro atoms. The molecule has 0 aromatic rings. The van der Waals surface area contributed by atoms with Crippen LogP contribution in [0.2, 0.25) is 12.6 Å². The summed E-state index contributed by atoms with van der Waals surface area (Å²) in [5.41, 5.74) is 0. The maximum absolute atomic E-state index is 11.1.